The number of hydrogen-bond donors (Lipinski definition) is 1. The van der Waals surface area contributed by atoms with E-state index < -0.39 is 11.1 Å². The summed E-state index contributed by atoms with van der Waals surface area (Å²) < 4.78 is 5.34. The van der Waals surface area contributed by atoms with E-state index in [0.717, 1.165) is 24.6 Å². The van der Waals surface area contributed by atoms with Crippen molar-refractivity contribution in [2.24, 2.45) is 5.92 Å². The molecule has 1 saturated carbocycles. The zero-order valence-electron chi connectivity index (χ0n) is 12.8. The summed E-state index contributed by atoms with van der Waals surface area (Å²) >= 11 is 7.00. The van der Waals surface area contributed by atoms with E-state index >= 15 is 0 Å². The van der Waals surface area contributed by atoms with Gasteiger partial charge >= 0.3 is 5.97 Å². The molecule has 0 bridgehead atoms. The van der Waals surface area contributed by atoms with Crippen molar-refractivity contribution in [3.8, 4) is 5.75 Å². The third-order valence-corrected chi connectivity index (χ3v) is 5.16. The van der Waals surface area contributed by atoms with Crippen molar-refractivity contribution in [2.45, 2.75) is 32.1 Å². The number of nitrogens with one attached hydrogen (secondary N) is 1. The summed E-state index contributed by atoms with van der Waals surface area (Å²) in [6, 6.07) is 4.89. The van der Waals surface area contributed by atoms with Crippen molar-refractivity contribution in [1.29, 1.82) is 0 Å². The van der Waals surface area contributed by atoms with Crippen LogP contribution in [-0.4, -0.2) is 17.1 Å². The lowest BCUT2D eigenvalue weighted by atomic mass is 10.0. The predicted octanol–water partition coefficient (Wildman–Crippen LogP) is 4.15. The number of esters is 1. The summed E-state index contributed by atoms with van der Waals surface area (Å²) in [5.41, 5.74) is 0.656. The second-order valence-electron chi connectivity index (χ2n) is 5.87. The van der Waals surface area contributed by atoms with Crippen LogP contribution in [-0.2, 0) is 9.59 Å². The van der Waals surface area contributed by atoms with Gasteiger partial charge in [0.25, 0.3) is 11.1 Å². The third-order valence-electron chi connectivity index (χ3n) is 4.05. The van der Waals surface area contributed by atoms with Crippen LogP contribution in [0.3, 0.4) is 0 Å². The number of rotatable bonds is 4. The van der Waals surface area contributed by atoms with Crippen LogP contribution in [0.2, 0.25) is 5.02 Å². The van der Waals surface area contributed by atoms with Crippen LogP contribution >= 0.6 is 23.4 Å². The number of hydrogen-bond acceptors (Lipinski definition) is 5. The fourth-order valence-electron chi connectivity index (χ4n) is 2.88. The molecule has 126 valence electrons. The van der Waals surface area contributed by atoms with E-state index in [2.05, 4.69) is 5.32 Å². The zero-order chi connectivity index (χ0) is 17.1. The molecule has 0 atom stereocenters. The molecule has 1 aromatic rings. The number of carbonyl (C=O) groups excluding carboxylic acids is 3. The predicted molar refractivity (Wildman–Crippen MR) is 92.8 cm³/mol. The molecule has 0 unspecified atom stereocenters. The summed E-state index contributed by atoms with van der Waals surface area (Å²) in [6.07, 6.45) is 6.50. The van der Waals surface area contributed by atoms with Crippen LogP contribution < -0.4 is 10.1 Å². The van der Waals surface area contributed by atoms with E-state index in [9.17, 15) is 14.4 Å². The van der Waals surface area contributed by atoms with Crippen LogP contribution in [0.15, 0.2) is 23.1 Å². The standard InChI is InChI=1S/C17H16ClNO4S/c18-12-7-11(8-14-16(21)19-17(22)24-14)5-6-13(12)23-15(20)9-10-3-1-2-4-10/h5-8,10H,1-4,9H2,(H,19,21,22)/b14-8-. The summed E-state index contributed by atoms with van der Waals surface area (Å²) in [5.74, 6) is 0.0246. The van der Waals surface area contributed by atoms with Gasteiger partial charge in [-0.25, -0.2) is 0 Å². The second kappa shape index (κ2) is 7.40. The smallest absolute Gasteiger partial charge is 0.311 e. The zero-order valence-corrected chi connectivity index (χ0v) is 14.4. The Balaban J connectivity index is 1.66. The first-order chi connectivity index (χ1) is 11.5. The molecule has 5 nitrogen and oxygen atoms in total. The first-order valence-electron chi connectivity index (χ1n) is 7.76. The lowest BCUT2D eigenvalue weighted by Crippen LogP contribution is -2.17. The van der Waals surface area contributed by atoms with Gasteiger partial charge in [-0.2, -0.15) is 0 Å². The van der Waals surface area contributed by atoms with E-state index in [1.165, 1.54) is 12.8 Å². The molecule has 2 aliphatic rings. The van der Waals surface area contributed by atoms with Crippen LogP contribution in [0.1, 0.15) is 37.7 Å². The van der Waals surface area contributed by atoms with Crippen molar-refractivity contribution in [3.63, 3.8) is 0 Å². The Bertz CT molecular complexity index is 725. The lowest BCUT2D eigenvalue weighted by molar-refractivity contribution is -0.135. The molecule has 7 heteroatoms. The molecular formula is C17H16ClNO4S. The highest BCUT2D eigenvalue weighted by molar-refractivity contribution is 8.18. The minimum Gasteiger partial charge on any atom is -0.425 e. The third kappa shape index (κ3) is 4.19. The number of carbonyl (C=O) groups is 3. The molecule has 2 fully saturated rings. The Morgan fingerprint density at radius 1 is 1.33 bits per heavy atom. The molecule has 1 saturated heterocycles. The van der Waals surface area contributed by atoms with Crippen molar-refractivity contribution in [2.75, 3.05) is 0 Å². The van der Waals surface area contributed by atoms with Crippen LogP contribution in [0, 0.1) is 5.92 Å². The summed E-state index contributed by atoms with van der Waals surface area (Å²) in [4.78, 5) is 35.0. The number of thioether (sulfide) groups is 1. The number of imide groups is 1. The van der Waals surface area contributed by atoms with Gasteiger partial charge in [0, 0.05) is 6.42 Å². The van der Waals surface area contributed by atoms with Crippen molar-refractivity contribution < 1.29 is 19.1 Å². The number of ether oxygens (including phenoxy) is 1. The van der Waals surface area contributed by atoms with Crippen molar-refractivity contribution in [3.05, 3.63) is 33.7 Å². The first-order valence-corrected chi connectivity index (χ1v) is 8.96. The maximum Gasteiger partial charge on any atom is 0.311 e. The normalized spacial score (nSPS) is 19.8. The Morgan fingerprint density at radius 3 is 2.71 bits per heavy atom. The van der Waals surface area contributed by atoms with Gasteiger partial charge in [0.05, 0.1) is 9.93 Å². The molecule has 2 amide bonds. The SMILES string of the molecule is O=C(CC1CCCC1)Oc1ccc(/C=C2\SC(=O)NC2=O)cc1Cl. The number of amides is 2. The summed E-state index contributed by atoms with van der Waals surface area (Å²) in [6.45, 7) is 0. The quantitative estimate of drug-likeness (QED) is 0.493. The Hall–Kier alpha value is -1.79. The molecule has 1 aliphatic heterocycles. The number of benzene rings is 1. The van der Waals surface area contributed by atoms with Gasteiger partial charge in [-0.15, -0.1) is 0 Å². The second-order valence-corrected chi connectivity index (χ2v) is 7.29. The molecule has 0 spiro atoms. The fraction of sp³-hybridized carbons (Fsp3) is 0.353. The van der Waals surface area contributed by atoms with Crippen molar-refractivity contribution >= 4 is 46.6 Å². The number of halogens is 1. The fourth-order valence-corrected chi connectivity index (χ4v) is 3.79. The first kappa shape index (κ1) is 17.0. The van der Waals surface area contributed by atoms with Crippen LogP contribution in [0.25, 0.3) is 6.08 Å². The van der Waals surface area contributed by atoms with Crippen molar-refractivity contribution in [1.82, 2.24) is 5.32 Å². The van der Waals surface area contributed by atoms with Crippen LogP contribution in [0.5, 0.6) is 5.75 Å². The maximum atomic E-state index is 12.0. The van der Waals surface area contributed by atoms with E-state index in [1.807, 2.05) is 0 Å². The van der Waals surface area contributed by atoms with Gasteiger partial charge in [-0.3, -0.25) is 19.7 Å². The van der Waals surface area contributed by atoms with E-state index in [1.54, 1.807) is 24.3 Å². The van der Waals surface area contributed by atoms with E-state index in [-0.39, 0.29) is 5.97 Å². The Morgan fingerprint density at radius 2 is 2.08 bits per heavy atom. The highest BCUT2D eigenvalue weighted by Crippen LogP contribution is 2.31. The van der Waals surface area contributed by atoms with E-state index in [4.69, 9.17) is 16.3 Å². The molecule has 1 aliphatic carbocycles. The molecule has 0 radical (unpaired) electrons. The monoisotopic (exact) mass is 365 g/mol. The average molecular weight is 366 g/mol. The average Bonchev–Trinajstić information content (AvgIpc) is 3.12. The lowest BCUT2D eigenvalue weighted by Gasteiger charge is -2.10. The van der Waals surface area contributed by atoms with Gasteiger partial charge < -0.3 is 4.74 Å². The van der Waals surface area contributed by atoms with Gasteiger partial charge in [-0.1, -0.05) is 30.5 Å². The van der Waals surface area contributed by atoms with E-state index in [0.29, 0.717) is 33.6 Å². The summed E-state index contributed by atoms with van der Waals surface area (Å²) in [7, 11) is 0. The molecule has 1 heterocycles. The van der Waals surface area contributed by atoms with Gasteiger partial charge in [0.2, 0.25) is 0 Å². The highest BCUT2D eigenvalue weighted by Gasteiger charge is 2.25. The molecule has 0 aromatic heterocycles. The minimum atomic E-state index is -0.423. The summed E-state index contributed by atoms with van der Waals surface area (Å²) in [5, 5.41) is 2.08. The highest BCUT2D eigenvalue weighted by atomic mass is 35.5. The molecule has 1 aromatic carbocycles. The van der Waals surface area contributed by atoms with Gasteiger partial charge in [0.15, 0.2) is 0 Å². The molecule has 3 rings (SSSR count). The minimum absolute atomic E-state index is 0.272. The van der Waals surface area contributed by atoms with Crippen LogP contribution in [0.4, 0.5) is 4.79 Å². The molecule has 24 heavy (non-hydrogen) atoms. The largest absolute Gasteiger partial charge is 0.425 e. The molecule has 1 N–H and O–H groups in total. The maximum absolute atomic E-state index is 12.0. The van der Waals surface area contributed by atoms with Gasteiger partial charge in [-0.05, 0) is 54.3 Å². The Kier molecular flexibility index (Phi) is 5.26. The van der Waals surface area contributed by atoms with Gasteiger partial charge in [0.1, 0.15) is 5.75 Å². The molecular weight excluding hydrogens is 350 g/mol. The topological polar surface area (TPSA) is 72.5 Å². The Labute approximate surface area is 148 Å².